The summed E-state index contributed by atoms with van der Waals surface area (Å²) in [5.74, 6) is 0.620. The van der Waals surface area contributed by atoms with Crippen molar-refractivity contribution in [1.29, 1.82) is 0 Å². The number of hydrogen-bond acceptors (Lipinski definition) is 5. The predicted octanol–water partition coefficient (Wildman–Crippen LogP) is 4.72. The molecule has 1 aromatic carbocycles. The minimum absolute atomic E-state index is 0.242. The van der Waals surface area contributed by atoms with Crippen LogP contribution < -0.4 is 0 Å². The van der Waals surface area contributed by atoms with Gasteiger partial charge in [-0.25, -0.2) is 18.4 Å². The molecule has 1 saturated heterocycles. The average Bonchev–Trinajstić information content (AvgIpc) is 2.75. The first-order valence-electron chi connectivity index (χ1n) is 9.90. The topological polar surface area (TPSA) is 76.1 Å². The fourth-order valence-corrected chi connectivity index (χ4v) is 5.72. The Morgan fingerprint density at radius 1 is 1.03 bits per heavy atom. The van der Waals surface area contributed by atoms with Crippen LogP contribution in [0.1, 0.15) is 42.4 Å². The summed E-state index contributed by atoms with van der Waals surface area (Å²) in [7, 11) is -3.70. The van der Waals surface area contributed by atoms with E-state index < -0.39 is 10.0 Å². The highest BCUT2D eigenvalue weighted by atomic mass is 35.5. The molecule has 0 saturated carbocycles. The number of piperidine rings is 1. The Morgan fingerprint density at radius 2 is 1.80 bits per heavy atom. The fourth-order valence-electron chi connectivity index (χ4n) is 3.93. The lowest BCUT2D eigenvalue weighted by Gasteiger charge is -2.35. The van der Waals surface area contributed by atoms with Gasteiger partial charge in [0, 0.05) is 35.7 Å². The van der Waals surface area contributed by atoms with E-state index in [1.807, 2.05) is 19.9 Å². The molecule has 6 nitrogen and oxygen atoms in total. The normalized spacial score (nSPS) is 17.8. The van der Waals surface area contributed by atoms with Crippen molar-refractivity contribution in [2.24, 2.45) is 0 Å². The molecular weight excluding hydrogens is 420 g/mol. The summed E-state index contributed by atoms with van der Waals surface area (Å²) in [5.41, 5.74) is 3.56. The van der Waals surface area contributed by atoms with E-state index in [4.69, 9.17) is 16.6 Å². The van der Waals surface area contributed by atoms with Crippen molar-refractivity contribution in [3.8, 4) is 11.1 Å². The van der Waals surface area contributed by atoms with Gasteiger partial charge in [-0.15, -0.1) is 0 Å². The molecule has 1 atom stereocenters. The predicted molar refractivity (Wildman–Crippen MR) is 117 cm³/mol. The monoisotopic (exact) mass is 442 g/mol. The number of pyridine rings is 1. The van der Waals surface area contributed by atoms with Crippen LogP contribution in [0.2, 0.25) is 5.02 Å². The quantitative estimate of drug-likeness (QED) is 0.584. The maximum Gasteiger partial charge on any atom is 0.243 e. The van der Waals surface area contributed by atoms with Gasteiger partial charge >= 0.3 is 0 Å². The van der Waals surface area contributed by atoms with E-state index in [1.165, 1.54) is 0 Å². The van der Waals surface area contributed by atoms with Gasteiger partial charge in [0.15, 0.2) is 0 Å². The Bertz CT molecular complexity index is 1170. The van der Waals surface area contributed by atoms with Gasteiger partial charge in [-0.1, -0.05) is 18.0 Å². The van der Waals surface area contributed by atoms with Crippen LogP contribution in [0, 0.1) is 13.8 Å². The second-order valence-corrected chi connectivity index (χ2v) is 9.81. The van der Waals surface area contributed by atoms with Crippen molar-refractivity contribution >= 4 is 21.6 Å². The van der Waals surface area contributed by atoms with Crippen molar-refractivity contribution in [1.82, 2.24) is 19.3 Å². The number of aromatic nitrogens is 3. The molecule has 1 aliphatic heterocycles. The average molecular weight is 443 g/mol. The molecule has 1 aliphatic rings. The summed E-state index contributed by atoms with van der Waals surface area (Å²) in [6.45, 7) is 4.26. The van der Waals surface area contributed by atoms with Crippen molar-refractivity contribution in [2.75, 3.05) is 6.54 Å². The van der Waals surface area contributed by atoms with Crippen LogP contribution in [-0.4, -0.2) is 34.2 Å². The zero-order valence-electron chi connectivity index (χ0n) is 16.9. The standard InChI is InChI=1S/C22H23ClN4O2S/c1-15-13-24-11-10-19(15)20-14-25-16(2)26-22(20)21-5-3-4-12-27(21)30(28,29)18-8-6-17(23)7-9-18/h6-11,13-14,21H,3-5,12H2,1-2H3/t21-/m1/s1. The summed E-state index contributed by atoms with van der Waals surface area (Å²) in [4.78, 5) is 13.5. The van der Waals surface area contributed by atoms with E-state index in [-0.39, 0.29) is 10.9 Å². The molecule has 156 valence electrons. The summed E-state index contributed by atoms with van der Waals surface area (Å²) >= 11 is 5.96. The van der Waals surface area contributed by atoms with Crippen molar-refractivity contribution in [2.45, 2.75) is 44.0 Å². The number of rotatable bonds is 4. The molecule has 0 spiro atoms. The zero-order valence-corrected chi connectivity index (χ0v) is 18.5. The molecule has 1 fully saturated rings. The van der Waals surface area contributed by atoms with Gasteiger partial charge in [0.2, 0.25) is 10.0 Å². The smallest absolute Gasteiger partial charge is 0.243 e. The van der Waals surface area contributed by atoms with Crippen LogP contribution in [0.5, 0.6) is 0 Å². The van der Waals surface area contributed by atoms with E-state index in [1.54, 1.807) is 47.2 Å². The van der Waals surface area contributed by atoms with Crippen molar-refractivity contribution in [3.05, 3.63) is 71.0 Å². The lowest BCUT2D eigenvalue weighted by Crippen LogP contribution is -2.39. The summed E-state index contributed by atoms with van der Waals surface area (Å²) in [5, 5.41) is 0.506. The number of hydrogen-bond donors (Lipinski definition) is 0. The maximum atomic E-state index is 13.5. The van der Waals surface area contributed by atoms with Gasteiger partial charge in [-0.05, 0) is 68.1 Å². The Balaban J connectivity index is 1.83. The van der Waals surface area contributed by atoms with Crippen LogP contribution in [0.4, 0.5) is 0 Å². The first kappa shape index (κ1) is 20.9. The van der Waals surface area contributed by atoms with E-state index in [0.29, 0.717) is 23.8 Å². The second-order valence-electron chi connectivity index (χ2n) is 7.49. The number of halogens is 1. The summed E-state index contributed by atoms with van der Waals surface area (Å²) in [6.07, 6.45) is 7.78. The van der Waals surface area contributed by atoms with Crippen LogP contribution in [-0.2, 0) is 10.0 Å². The third-order valence-corrected chi connectivity index (χ3v) is 7.61. The Labute approximate surface area is 182 Å². The van der Waals surface area contributed by atoms with Gasteiger partial charge in [-0.2, -0.15) is 4.31 Å². The zero-order chi connectivity index (χ0) is 21.3. The lowest BCUT2D eigenvalue weighted by atomic mass is 9.94. The molecule has 0 amide bonds. The number of aryl methyl sites for hydroxylation is 2. The molecule has 0 bridgehead atoms. The molecule has 4 rings (SSSR count). The van der Waals surface area contributed by atoms with E-state index in [9.17, 15) is 8.42 Å². The van der Waals surface area contributed by atoms with Gasteiger partial charge in [0.25, 0.3) is 0 Å². The minimum atomic E-state index is -3.70. The fraction of sp³-hybridized carbons (Fsp3) is 0.318. The molecule has 0 aliphatic carbocycles. The molecule has 3 aromatic rings. The first-order valence-corrected chi connectivity index (χ1v) is 11.7. The Hall–Kier alpha value is -2.35. The molecule has 8 heteroatoms. The van der Waals surface area contributed by atoms with Gasteiger partial charge < -0.3 is 0 Å². The highest BCUT2D eigenvalue weighted by Crippen LogP contribution is 2.39. The molecular formula is C22H23ClN4O2S. The third kappa shape index (κ3) is 3.97. The highest BCUT2D eigenvalue weighted by molar-refractivity contribution is 7.89. The number of sulfonamides is 1. The summed E-state index contributed by atoms with van der Waals surface area (Å²) < 4.78 is 28.6. The molecule has 2 aromatic heterocycles. The van der Waals surface area contributed by atoms with Gasteiger partial charge in [-0.3, -0.25) is 4.98 Å². The third-order valence-electron chi connectivity index (χ3n) is 5.44. The molecule has 0 unspecified atom stereocenters. The van der Waals surface area contributed by atoms with Gasteiger partial charge in [0.05, 0.1) is 16.6 Å². The van der Waals surface area contributed by atoms with E-state index in [0.717, 1.165) is 35.2 Å². The summed E-state index contributed by atoms with van der Waals surface area (Å²) in [6, 6.07) is 7.89. The largest absolute Gasteiger partial charge is 0.264 e. The Kier molecular flexibility index (Phi) is 5.86. The maximum absolute atomic E-state index is 13.5. The Morgan fingerprint density at radius 3 is 2.53 bits per heavy atom. The van der Waals surface area contributed by atoms with Crippen LogP contribution in [0.3, 0.4) is 0 Å². The van der Waals surface area contributed by atoms with Crippen LogP contribution in [0.25, 0.3) is 11.1 Å². The van der Waals surface area contributed by atoms with Gasteiger partial charge in [0.1, 0.15) is 5.82 Å². The lowest BCUT2D eigenvalue weighted by molar-refractivity contribution is 0.251. The highest BCUT2D eigenvalue weighted by Gasteiger charge is 2.36. The van der Waals surface area contributed by atoms with Crippen LogP contribution in [0.15, 0.2) is 53.8 Å². The molecule has 0 N–H and O–H groups in total. The van der Waals surface area contributed by atoms with Crippen molar-refractivity contribution in [3.63, 3.8) is 0 Å². The van der Waals surface area contributed by atoms with E-state index >= 15 is 0 Å². The van der Waals surface area contributed by atoms with Crippen LogP contribution >= 0.6 is 11.6 Å². The molecule has 0 radical (unpaired) electrons. The SMILES string of the molecule is Cc1ncc(-c2ccncc2C)c([C@H]2CCCCN2S(=O)(=O)c2ccc(Cl)cc2)n1. The first-order chi connectivity index (χ1) is 14.4. The number of nitrogens with zero attached hydrogens (tertiary/aromatic N) is 4. The van der Waals surface area contributed by atoms with Crippen molar-refractivity contribution < 1.29 is 8.42 Å². The molecule has 30 heavy (non-hydrogen) atoms. The second kappa shape index (κ2) is 8.41. The van der Waals surface area contributed by atoms with E-state index in [2.05, 4.69) is 9.97 Å². The molecule has 3 heterocycles. The minimum Gasteiger partial charge on any atom is -0.264 e. The number of benzene rings is 1.